The summed E-state index contributed by atoms with van der Waals surface area (Å²) in [6.45, 7) is 17.4. The van der Waals surface area contributed by atoms with E-state index in [0.29, 0.717) is 5.54 Å². The molecule has 0 aromatic heterocycles. The van der Waals surface area contributed by atoms with Crippen LogP contribution in [0, 0.1) is 17.8 Å². The van der Waals surface area contributed by atoms with Crippen molar-refractivity contribution in [2.45, 2.75) is 71.8 Å². The van der Waals surface area contributed by atoms with Crippen LogP contribution in [0.4, 0.5) is 0 Å². The summed E-state index contributed by atoms with van der Waals surface area (Å²) in [6.07, 6.45) is 9.27. The Balaban J connectivity index is 0.00000144. The Kier molecular flexibility index (Phi) is 9.31. The first kappa shape index (κ1) is 23.4. The molecule has 0 amide bonds. The van der Waals surface area contributed by atoms with Gasteiger partial charge in [-0.25, -0.2) is 0 Å². The fourth-order valence-corrected chi connectivity index (χ4v) is 6.66. The summed E-state index contributed by atoms with van der Waals surface area (Å²) >= 11 is 0. The van der Waals surface area contributed by atoms with E-state index in [-0.39, 0.29) is 48.0 Å². The molecule has 4 fully saturated rings. The van der Waals surface area contributed by atoms with Gasteiger partial charge in [-0.2, -0.15) is 0 Å². The van der Waals surface area contributed by atoms with Gasteiger partial charge in [-0.3, -0.25) is 4.90 Å². The summed E-state index contributed by atoms with van der Waals surface area (Å²) in [5.74, 6) is 3.22. The normalized spacial score (nSPS) is 34.1. The van der Waals surface area contributed by atoms with Crippen LogP contribution in [0.2, 0.25) is 0 Å². The number of rotatable bonds is 8. The fraction of sp³-hybridized carbons (Fsp3) is 1.00. The van der Waals surface area contributed by atoms with Crippen LogP contribution >= 0.6 is 24.0 Å². The maximum Gasteiger partial charge on any atom is 0.0915 e. The van der Waals surface area contributed by atoms with Gasteiger partial charge in [-0.15, -0.1) is 24.0 Å². The zero-order valence-electron chi connectivity index (χ0n) is 16.4. The van der Waals surface area contributed by atoms with Crippen molar-refractivity contribution in [1.82, 2.24) is 4.90 Å². The van der Waals surface area contributed by atoms with Crippen LogP contribution in [-0.2, 0) is 0 Å². The summed E-state index contributed by atoms with van der Waals surface area (Å²) in [6, 6.07) is 0. The predicted molar refractivity (Wildman–Crippen MR) is 110 cm³/mol. The van der Waals surface area contributed by atoms with Crippen LogP contribution in [0.3, 0.4) is 0 Å². The maximum absolute atomic E-state index is 2.94. The van der Waals surface area contributed by atoms with Crippen molar-refractivity contribution in [2.75, 3.05) is 39.3 Å². The molecule has 0 atom stereocenters. The fourth-order valence-electron chi connectivity index (χ4n) is 6.66. The van der Waals surface area contributed by atoms with Crippen molar-refractivity contribution in [2.24, 2.45) is 17.8 Å². The molecule has 2 nitrogen and oxygen atoms in total. The Hall–Kier alpha value is 1.38. The van der Waals surface area contributed by atoms with Gasteiger partial charge in [0.2, 0.25) is 0 Å². The zero-order chi connectivity index (χ0) is 15.8. The van der Waals surface area contributed by atoms with E-state index >= 15 is 0 Å². The summed E-state index contributed by atoms with van der Waals surface area (Å²) in [7, 11) is 0. The van der Waals surface area contributed by atoms with E-state index in [0.717, 1.165) is 17.8 Å². The van der Waals surface area contributed by atoms with Crippen LogP contribution in [0.25, 0.3) is 0 Å². The molecule has 0 heterocycles. The zero-order valence-corrected chi connectivity index (χ0v) is 20.9. The van der Waals surface area contributed by atoms with Gasteiger partial charge in [-0.1, -0.05) is 6.92 Å². The second-order valence-corrected chi connectivity index (χ2v) is 8.74. The molecular formula is C20H40I2N2. The summed E-state index contributed by atoms with van der Waals surface area (Å²) < 4.78 is 1.31. The van der Waals surface area contributed by atoms with Crippen molar-refractivity contribution in [1.29, 1.82) is 0 Å². The van der Waals surface area contributed by atoms with Crippen molar-refractivity contribution < 1.29 is 28.5 Å². The number of hydrogen-bond donors (Lipinski definition) is 0. The lowest BCUT2D eigenvalue weighted by Crippen LogP contribution is -3.00. The Morgan fingerprint density at radius 1 is 0.833 bits per heavy atom. The molecule has 0 spiro atoms. The van der Waals surface area contributed by atoms with Gasteiger partial charge >= 0.3 is 0 Å². The van der Waals surface area contributed by atoms with Gasteiger partial charge < -0.3 is 28.5 Å². The summed E-state index contributed by atoms with van der Waals surface area (Å²) in [5.41, 5.74) is 0.606. The largest absolute Gasteiger partial charge is 1.00 e. The quantitative estimate of drug-likeness (QED) is 0.322. The maximum atomic E-state index is 2.94. The van der Waals surface area contributed by atoms with E-state index in [1.165, 1.54) is 63.0 Å². The van der Waals surface area contributed by atoms with E-state index in [2.05, 4.69) is 32.6 Å². The molecule has 0 unspecified atom stereocenters. The van der Waals surface area contributed by atoms with Crippen molar-refractivity contribution in [3.8, 4) is 0 Å². The molecule has 0 radical (unpaired) electrons. The molecule has 0 saturated heterocycles. The first-order valence-electron chi connectivity index (χ1n) is 10.2. The van der Waals surface area contributed by atoms with Gasteiger partial charge in [0.1, 0.15) is 0 Å². The predicted octanol–water partition coefficient (Wildman–Crippen LogP) is 1.78. The highest BCUT2D eigenvalue weighted by atomic mass is 127. The molecular weight excluding hydrogens is 522 g/mol. The van der Waals surface area contributed by atoms with Gasteiger partial charge in [0.05, 0.1) is 26.2 Å². The average Bonchev–Trinajstić information content (AvgIpc) is 2.51. The lowest BCUT2D eigenvalue weighted by molar-refractivity contribution is -0.922. The van der Waals surface area contributed by atoms with Crippen molar-refractivity contribution in [3.63, 3.8) is 0 Å². The Bertz CT molecular complexity index is 338. The van der Waals surface area contributed by atoms with Crippen molar-refractivity contribution >= 4 is 24.0 Å². The molecule has 4 aliphatic carbocycles. The number of likely N-dealkylation sites (N-methyl/N-ethyl adjacent to an activating group) is 2. The molecule has 4 saturated carbocycles. The lowest BCUT2D eigenvalue weighted by atomic mass is 9.52. The van der Waals surface area contributed by atoms with E-state index in [1.54, 1.807) is 19.3 Å². The van der Waals surface area contributed by atoms with Crippen LogP contribution in [0.1, 0.15) is 66.2 Å². The van der Waals surface area contributed by atoms with Crippen LogP contribution in [0.5, 0.6) is 0 Å². The Labute approximate surface area is 185 Å². The second-order valence-electron chi connectivity index (χ2n) is 8.74. The molecule has 4 heteroatoms. The minimum atomic E-state index is 0. The highest BCUT2D eigenvalue weighted by Crippen LogP contribution is 2.57. The Morgan fingerprint density at radius 3 is 1.58 bits per heavy atom. The number of nitrogens with zero attached hydrogens (tertiary/aromatic N) is 2. The summed E-state index contributed by atoms with van der Waals surface area (Å²) in [4.78, 5) is 2.94. The molecule has 144 valence electrons. The molecule has 4 rings (SSSR count). The molecule has 0 aromatic rings. The van der Waals surface area contributed by atoms with Gasteiger partial charge in [0.15, 0.2) is 0 Å². The highest BCUT2D eigenvalue weighted by Gasteiger charge is 2.53. The summed E-state index contributed by atoms with van der Waals surface area (Å²) in [5, 5.41) is 0. The lowest BCUT2D eigenvalue weighted by Gasteiger charge is -2.60. The Morgan fingerprint density at radius 2 is 1.25 bits per heavy atom. The third-order valence-corrected chi connectivity index (χ3v) is 7.92. The van der Waals surface area contributed by atoms with E-state index < -0.39 is 0 Å². The first-order chi connectivity index (χ1) is 10.6. The van der Waals surface area contributed by atoms with Crippen molar-refractivity contribution in [3.05, 3.63) is 0 Å². The van der Waals surface area contributed by atoms with Crippen LogP contribution in [0.15, 0.2) is 0 Å². The van der Waals surface area contributed by atoms with E-state index in [9.17, 15) is 0 Å². The molecule has 0 N–H and O–H groups in total. The molecule has 4 aliphatic rings. The second kappa shape index (κ2) is 9.54. The van der Waals surface area contributed by atoms with Gasteiger partial charge in [0.25, 0.3) is 0 Å². The van der Waals surface area contributed by atoms with Gasteiger partial charge in [0, 0.05) is 12.1 Å². The monoisotopic (exact) mass is 562 g/mol. The van der Waals surface area contributed by atoms with E-state index in [4.69, 9.17) is 0 Å². The number of hydrogen-bond acceptors (Lipinski definition) is 1. The van der Waals surface area contributed by atoms with E-state index in [1.807, 2.05) is 0 Å². The molecule has 24 heavy (non-hydrogen) atoms. The van der Waals surface area contributed by atoms with Crippen LogP contribution < -0.4 is 24.0 Å². The topological polar surface area (TPSA) is 3.24 Å². The molecule has 0 aromatic carbocycles. The standard InChI is InChI=1S/C20H39N2.2HI/c1-5-21(9-10-22(6-2,7-3)8-4)20-14-17-11-18(15-20)13-19(12-17)16-20;;/h17-19H,5-16H2,1-4H3;2*1H/q+1;;/p-1. The SMILES string of the molecule is CCN(CC[N+](CC)(CC)CC)C12CC3CC(CC(C3)C1)C2.I.[I-]. The minimum Gasteiger partial charge on any atom is -1.00 e. The first-order valence-corrected chi connectivity index (χ1v) is 10.2. The van der Waals surface area contributed by atoms with Crippen LogP contribution in [-0.4, -0.2) is 54.2 Å². The number of quaternary nitrogens is 1. The third-order valence-electron chi connectivity index (χ3n) is 7.92. The smallest absolute Gasteiger partial charge is 0.0915 e. The van der Waals surface area contributed by atoms with Gasteiger partial charge in [-0.05, 0) is 83.6 Å². The molecule has 4 bridgehead atoms. The number of halogens is 2. The highest BCUT2D eigenvalue weighted by molar-refractivity contribution is 14.0. The molecule has 0 aliphatic heterocycles. The average molecular weight is 562 g/mol. The minimum absolute atomic E-state index is 0. The third kappa shape index (κ3) is 4.44.